The summed E-state index contributed by atoms with van der Waals surface area (Å²) in [6, 6.07) is 15.5. The Kier molecular flexibility index (Phi) is 5.61. The fraction of sp³-hybridized carbons (Fsp3) is 0.250. The Balaban J connectivity index is 2.15. The van der Waals surface area contributed by atoms with Crippen molar-refractivity contribution in [2.75, 3.05) is 0 Å². The standard InChI is InChI=1S/C16H17BrClNO/c1-11(19)16(13-7-3-4-8-14(13)17)20-10-12-6-2-5-9-15(12)18/h2-9,11,16H,10,19H2,1H3. The fourth-order valence-electron chi connectivity index (χ4n) is 2.03. The fourth-order valence-corrected chi connectivity index (χ4v) is 2.73. The average Bonchev–Trinajstić information content (AvgIpc) is 2.42. The van der Waals surface area contributed by atoms with Gasteiger partial charge >= 0.3 is 0 Å². The van der Waals surface area contributed by atoms with Crippen molar-refractivity contribution < 1.29 is 4.74 Å². The first-order valence-electron chi connectivity index (χ1n) is 6.44. The van der Waals surface area contributed by atoms with Crippen molar-refractivity contribution >= 4 is 27.5 Å². The molecule has 2 N–H and O–H groups in total. The van der Waals surface area contributed by atoms with Crippen molar-refractivity contribution in [3.63, 3.8) is 0 Å². The van der Waals surface area contributed by atoms with E-state index in [0.717, 1.165) is 15.6 Å². The first-order chi connectivity index (χ1) is 9.59. The van der Waals surface area contributed by atoms with Crippen LogP contribution in [0.5, 0.6) is 0 Å². The molecule has 0 radical (unpaired) electrons. The van der Waals surface area contributed by atoms with Crippen LogP contribution >= 0.6 is 27.5 Å². The highest BCUT2D eigenvalue weighted by molar-refractivity contribution is 9.10. The summed E-state index contributed by atoms with van der Waals surface area (Å²) in [6.45, 7) is 2.38. The third-order valence-corrected chi connectivity index (χ3v) is 4.16. The van der Waals surface area contributed by atoms with Gasteiger partial charge in [-0.2, -0.15) is 0 Å². The molecule has 20 heavy (non-hydrogen) atoms. The van der Waals surface area contributed by atoms with Gasteiger partial charge in [0.15, 0.2) is 0 Å². The van der Waals surface area contributed by atoms with Crippen molar-refractivity contribution in [1.29, 1.82) is 0 Å². The molecule has 0 spiro atoms. The van der Waals surface area contributed by atoms with Crippen molar-refractivity contribution in [2.45, 2.75) is 25.7 Å². The molecule has 4 heteroatoms. The molecule has 0 amide bonds. The molecule has 0 aliphatic heterocycles. The van der Waals surface area contributed by atoms with Crippen LogP contribution < -0.4 is 5.73 Å². The van der Waals surface area contributed by atoms with Gasteiger partial charge in [-0.1, -0.05) is 63.9 Å². The van der Waals surface area contributed by atoms with Crippen LogP contribution in [0.4, 0.5) is 0 Å². The topological polar surface area (TPSA) is 35.2 Å². The lowest BCUT2D eigenvalue weighted by Crippen LogP contribution is -2.27. The van der Waals surface area contributed by atoms with Crippen LogP contribution in [0.2, 0.25) is 5.02 Å². The SMILES string of the molecule is CC(N)C(OCc1ccccc1Cl)c1ccccc1Br. The zero-order valence-corrected chi connectivity index (χ0v) is 13.6. The molecule has 0 bridgehead atoms. The Morgan fingerprint density at radius 3 is 2.45 bits per heavy atom. The Morgan fingerprint density at radius 2 is 1.80 bits per heavy atom. The summed E-state index contributed by atoms with van der Waals surface area (Å²) in [5, 5.41) is 0.711. The first-order valence-corrected chi connectivity index (χ1v) is 7.61. The third-order valence-electron chi connectivity index (χ3n) is 3.07. The maximum Gasteiger partial charge on any atom is 0.0988 e. The van der Waals surface area contributed by atoms with Gasteiger partial charge in [-0.15, -0.1) is 0 Å². The molecule has 2 atom stereocenters. The Labute approximate surface area is 133 Å². The van der Waals surface area contributed by atoms with Gasteiger partial charge in [-0.3, -0.25) is 0 Å². The van der Waals surface area contributed by atoms with Gasteiger partial charge in [0.2, 0.25) is 0 Å². The van der Waals surface area contributed by atoms with E-state index in [1.807, 2.05) is 55.5 Å². The Morgan fingerprint density at radius 1 is 1.15 bits per heavy atom. The maximum atomic E-state index is 6.14. The Bertz CT molecular complexity index is 574. The minimum atomic E-state index is -0.179. The molecule has 0 saturated heterocycles. The minimum Gasteiger partial charge on any atom is -0.367 e. The summed E-state index contributed by atoms with van der Waals surface area (Å²) < 4.78 is 7.00. The number of nitrogens with two attached hydrogens (primary N) is 1. The zero-order chi connectivity index (χ0) is 14.5. The molecule has 2 aromatic carbocycles. The van der Waals surface area contributed by atoms with Crippen LogP contribution in [0.3, 0.4) is 0 Å². The minimum absolute atomic E-state index is 0.115. The van der Waals surface area contributed by atoms with Crippen molar-refractivity contribution in [3.8, 4) is 0 Å². The maximum absolute atomic E-state index is 6.14. The lowest BCUT2D eigenvalue weighted by Gasteiger charge is -2.23. The summed E-state index contributed by atoms with van der Waals surface area (Å²) in [4.78, 5) is 0. The van der Waals surface area contributed by atoms with E-state index >= 15 is 0 Å². The zero-order valence-electron chi connectivity index (χ0n) is 11.2. The molecule has 0 heterocycles. The second-order valence-electron chi connectivity index (χ2n) is 4.70. The summed E-state index contributed by atoms with van der Waals surface area (Å²) in [5.74, 6) is 0. The van der Waals surface area contributed by atoms with Crippen molar-refractivity contribution in [2.24, 2.45) is 5.73 Å². The van der Waals surface area contributed by atoms with Gasteiger partial charge in [-0.25, -0.2) is 0 Å². The van der Waals surface area contributed by atoms with Gasteiger partial charge in [0.1, 0.15) is 0 Å². The largest absolute Gasteiger partial charge is 0.367 e. The summed E-state index contributed by atoms with van der Waals surface area (Å²) in [5.41, 5.74) is 8.08. The van der Waals surface area contributed by atoms with Crippen LogP contribution in [-0.2, 0) is 11.3 Å². The second kappa shape index (κ2) is 7.23. The Hall–Kier alpha value is -0.870. The van der Waals surface area contributed by atoms with E-state index in [0.29, 0.717) is 11.6 Å². The molecule has 2 aromatic rings. The highest BCUT2D eigenvalue weighted by atomic mass is 79.9. The lowest BCUT2D eigenvalue weighted by molar-refractivity contribution is 0.0255. The van der Waals surface area contributed by atoms with Crippen LogP contribution in [0.25, 0.3) is 0 Å². The van der Waals surface area contributed by atoms with E-state index in [1.54, 1.807) is 0 Å². The highest BCUT2D eigenvalue weighted by Gasteiger charge is 2.19. The van der Waals surface area contributed by atoms with Gasteiger partial charge < -0.3 is 10.5 Å². The van der Waals surface area contributed by atoms with Gasteiger partial charge in [0.05, 0.1) is 12.7 Å². The van der Waals surface area contributed by atoms with Crippen LogP contribution in [0.1, 0.15) is 24.2 Å². The summed E-state index contributed by atoms with van der Waals surface area (Å²) in [7, 11) is 0. The molecular weight excluding hydrogens is 338 g/mol. The third kappa shape index (κ3) is 3.83. The van der Waals surface area contributed by atoms with E-state index in [2.05, 4.69) is 15.9 Å². The molecule has 2 unspecified atom stereocenters. The number of halogens is 2. The molecule has 0 aromatic heterocycles. The van der Waals surface area contributed by atoms with Crippen LogP contribution in [0, 0.1) is 0 Å². The average molecular weight is 355 g/mol. The lowest BCUT2D eigenvalue weighted by atomic mass is 10.0. The van der Waals surface area contributed by atoms with Crippen LogP contribution in [-0.4, -0.2) is 6.04 Å². The summed E-state index contributed by atoms with van der Waals surface area (Å²) >= 11 is 9.69. The molecule has 2 nitrogen and oxygen atoms in total. The molecule has 0 aliphatic rings. The van der Waals surface area contributed by atoms with Gasteiger partial charge in [0, 0.05) is 15.5 Å². The monoisotopic (exact) mass is 353 g/mol. The van der Waals surface area contributed by atoms with Crippen molar-refractivity contribution in [3.05, 3.63) is 69.2 Å². The smallest absolute Gasteiger partial charge is 0.0988 e. The predicted molar refractivity (Wildman–Crippen MR) is 86.8 cm³/mol. The molecule has 0 saturated carbocycles. The van der Waals surface area contributed by atoms with E-state index < -0.39 is 0 Å². The molecular formula is C16H17BrClNO. The van der Waals surface area contributed by atoms with E-state index in [-0.39, 0.29) is 12.1 Å². The van der Waals surface area contributed by atoms with Gasteiger partial charge in [0.25, 0.3) is 0 Å². The molecule has 0 aliphatic carbocycles. The quantitative estimate of drug-likeness (QED) is 0.844. The summed E-state index contributed by atoms with van der Waals surface area (Å²) in [6.07, 6.45) is -0.179. The molecule has 0 fully saturated rings. The van der Waals surface area contributed by atoms with E-state index in [1.165, 1.54) is 0 Å². The number of hydrogen-bond acceptors (Lipinski definition) is 2. The van der Waals surface area contributed by atoms with E-state index in [9.17, 15) is 0 Å². The van der Waals surface area contributed by atoms with Crippen LogP contribution in [0.15, 0.2) is 53.0 Å². The highest BCUT2D eigenvalue weighted by Crippen LogP contribution is 2.29. The first kappa shape index (κ1) is 15.5. The normalized spacial score (nSPS) is 14.0. The van der Waals surface area contributed by atoms with Gasteiger partial charge in [-0.05, 0) is 30.2 Å². The predicted octanol–water partition coefficient (Wildman–Crippen LogP) is 4.71. The van der Waals surface area contributed by atoms with Crippen molar-refractivity contribution in [1.82, 2.24) is 0 Å². The molecule has 106 valence electrons. The number of rotatable bonds is 5. The number of hydrogen-bond donors (Lipinski definition) is 1. The van der Waals surface area contributed by atoms with E-state index in [4.69, 9.17) is 22.1 Å². The number of benzene rings is 2. The second-order valence-corrected chi connectivity index (χ2v) is 5.97. The number of ether oxygens (including phenoxy) is 1. The molecule has 2 rings (SSSR count).